The van der Waals surface area contributed by atoms with Gasteiger partial charge in [-0.25, -0.2) is 4.39 Å². The van der Waals surface area contributed by atoms with E-state index in [1.807, 2.05) is 0 Å². The third kappa shape index (κ3) is 1.75. The lowest BCUT2D eigenvalue weighted by atomic mass is 9.66. The van der Waals surface area contributed by atoms with Gasteiger partial charge in [-0.1, -0.05) is 15.9 Å². The molecule has 1 unspecified atom stereocenters. The molecular weight excluding hydrogens is 330 g/mol. The zero-order valence-corrected chi connectivity index (χ0v) is 11.2. The first-order chi connectivity index (χ1) is 8.86. The van der Waals surface area contributed by atoms with Crippen molar-refractivity contribution < 1.29 is 22.4 Å². The molecule has 1 aromatic carbocycles. The van der Waals surface area contributed by atoms with E-state index in [4.69, 9.17) is 4.84 Å². The van der Waals surface area contributed by atoms with Gasteiger partial charge in [-0.2, -0.15) is 18.7 Å². The Morgan fingerprint density at radius 1 is 1.32 bits per heavy atom. The molecule has 1 N–H and O–H groups in total. The third-order valence-electron chi connectivity index (χ3n) is 3.94. The van der Waals surface area contributed by atoms with Gasteiger partial charge in [0.2, 0.25) is 0 Å². The minimum absolute atomic E-state index is 0.364. The zero-order valence-electron chi connectivity index (χ0n) is 9.60. The largest absolute Gasteiger partial charge is 0.413 e. The maximum absolute atomic E-state index is 13.9. The quantitative estimate of drug-likeness (QED) is 0.788. The number of alkyl halides is 3. The fourth-order valence-corrected chi connectivity index (χ4v) is 3.19. The summed E-state index contributed by atoms with van der Waals surface area (Å²) in [5, 5.41) is 0. The van der Waals surface area contributed by atoms with E-state index in [1.54, 1.807) is 0 Å². The molecular formula is C12H10BrF4NO. The van der Waals surface area contributed by atoms with E-state index >= 15 is 0 Å². The molecule has 0 spiro atoms. The molecule has 1 saturated carbocycles. The number of fused-ring (bicyclic) bond motifs is 1. The van der Waals surface area contributed by atoms with Gasteiger partial charge >= 0.3 is 6.18 Å². The van der Waals surface area contributed by atoms with Crippen molar-refractivity contribution >= 4 is 15.9 Å². The van der Waals surface area contributed by atoms with E-state index < -0.39 is 35.1 Å². The fourth-order valence-electron chi connectivity index (χ4n) is 2.83. The standard InChI is InChI=1S/C12H10BrF4NO/c13-6-1-3-9(14)8(5-6)11(12(15,16)17)7-2-4-10(7)19-18-11/h1,3,5,7,10,18H,2,4H2/t7?,10-,11+/m1/s1. The highest BCUT2D eigenvalue weighted by Gasteiger charge is 2.69. The summed E-state index contributed by atoms with van der Waals surface area (Å²) in [6, 6.07) is 3.57. The molecule has 3 rings (SSSR count). The smallest absolute Gasteiger partial charge is 0.297 e. The monoisotopic (exact) mass is 339 g/mol. The number of hydrogen-bond donors (Lipinski definition) is 1. The second kappa shape index (κ2) is 4.17. The van der Waals surface area contributed by atoms with Crippen LogP contribution in [0.25, 0.3) is 0 Å². The van der Waals surface area contributed by atoms with Crippen LogP contribution in [0.15, 0.2) is 22.7 Å². The molecule has 0 bridgehead atoms. The summed E-state index contributed by atoms with van der Waals surface area (Å²) in [5.74, 6) is -1.67. The van der Waals surface area contributed by atoms with Gasteiger partial charge in [-0.05, 0) is 31.0 Å². The van der Waals surface area contributed by atoms with Crippen LogP contribution in [0, 0.1) is 11.7 Å². The number of benzene rings is 1. The number of halogens is 5. The average molecular weight is 340 g/mol. The highest BCUT2D eigenvalue weighted by Crippen LogP contribution is 2.56. The van der Waals surface area contributed by atoms with Gasteiger partial charge in [-0.3, -0.25) is 4.84 Å². The van der Waals surface area contributed by atoms with E-state index in [2.05, 4.69) is 21.4 Å². The van der Waals surface area contributed by atoms with E-state index in [0.29, 0.717) is 17.3 Å². The Labute approximate surface area is 115 Å². The molecule has 1 heterocycles. The summed E-state index contributed by atoms with van der Waals surface area (Å²) in [6.45, 7) is 0. The lowest BCUT2D eigenvalue weighted by Crippen LogP contribution is -2.56. The van der Waals surface area contributed by atoms with Gasteiger partial charge in [0.25, 0.3) is 0 Å². The molecule has 0 radical (unpaired) electrons. The van der Waals surface area contributed by atoms with E-state index in [-0.39, 0.29) is 0 Å². The molecule has 1 aromatic rings. The van der Waals surface area contributed by atoms with Gasteiger partial charge in [0, 0.05) is 16.0 Å². The van der Waals surface area contributed by atoms with Crippen LogP contribution in [-0.2, 0) is 10.4 Å². The molecule has 2 fully saturated rings. The minimum atomic E-state index is -4.63. The summed E-state index contributed by atoms with van der Waals surface area (Å²) in [4.78, 5) is 4.99. The average Bonchev–Trinajstić information content (AvgIpc) is 2.54. The van der Waals surface area contributed by atoms with Crippen LogP contribution in [0.4, 0.5) is 17.6 Å². The van der Waals surface area contributed by atoms with Crippen molar-refractivity contribution in [2.24, 2.45) is 5.92 Å². The Morgan fingerprint density at radius 2 is 2.05 bits per heavy atom. The SMILES string of the molecule is Fc1ccc(Br)cc1[C@@]1(C(F)(F)F)NO[C@@H]2CCC21. The molecule has 104 valence electrons. The number of rotatable bonds is 1. The molecule has 3 atom stereocenters. The minimum Gasteiger partial charge on any atom is -0.297 e. The topological polar surface area (TPSA) is 21.3 Å². The van der Waals surface area contributed by atoms with E-state index in [0.717, 1.165) is 6.07 Å². The van der Waals surface area contributed by atoms with Gasteiger partial charge < -0.3 is 0 Å². The molecule has 0 aromatic heterocycles. The normalized spacial score (nSPS) is 33.9. The summed E-state index contributed by atoms with van der Waals surface area (Å²) in [5.41, 5.74) is -0.799. The summed E-state index contributed by atoms with van der Waals surface area (Å²) in [7, 11) is 0. The van der Waals surface area contributed by atoms with Crippen molar-refractivity contribution in [3.8, 4) is 0 Å². The lowest BCUT2D eigenvalue weighted by molar-refractivity contribution is -0.221. The van der Waals surface area contributed by atoms with Crippen molar-refractivity contribution in [3.05, 3.63) is 34.1 Å². The van der Waals surface area contributed by atoms with Crippen molar-refractivity contribution in [2.45, 2.75) is 30.7 Å². The van der Waals surface area contributed by atoms with Gasteiger partial charge in [-0.15, -0.1) is 0 Å². The van der Waals surface area contributed by atoms with Crippen molar-refractivity contribution in [1.29, 1.82) is 0 Å². The maximum atomic E-state index is 13.9. The number of hydroxylamine groups is 1. The van der Waals surface area contributed by atoms with Crippen LogP contribution in [0.3, 0.4) is 0 Å². The molecule has 2 nitrogen and oxygen atoms in total. The van der Waals surface area contributed by atoms with Crippen LogP contribution in [0.1, 0.15) is 18.4 Å². The second-order valence-corrected chi connectivity index (χ2v) is 5.79. The first-order valence-corrected chi connectivity index (χ1v) is 6.60. The number of hydrogen-bond acceptors (Lipinski definition) is 2. The van der Waals surface area contributed by atoms with E-state index in [9.17, 15) is 17.6 Å². The second-order valence-electron chi connectivity index (χ2n) is 4.87. The van der Waals surface area contributed by atoms with Crippen LogP contribution in [-0.4, -0.2) is 12.3 Å². The Hall–Kier alpha value is -0.660. The fraction of sp³-hybridized carbons (Fsp3) is 0.500. The summed E-state index contributed by atoms with van der Waals surface area (Å²) in [6.07, 6.45) is -4.21. The van der Waals surface area contributed by atoms with Crippen molar-refractivity contribution in [2.75, 3.05) is 0 Å². The molecule has 19 heavy (non-hydrogen) atoms. The molecule has 0 amide bonds. The van der Waals surface area contributed by atoms with Gasteiger partial charge in [0.1, 0.15) is 5.82 Å². The summed E-state index contributed by atoms with van der Waals surface area (Å²) < 4.78 is 54.9. The highest BCUT2D eigenvalue weighted by atomic mass is 79.9. The van der Waals surface area contributed by atoms with Crippen LogP contribution < -0.4 is 5.48 Å². The van der Waals surface area contributed by atoms with Crippen molar-refractivity contribution in [1.82, 2.24) is 5.48 Å². The Kier molecular flexibility index (Phi) is 2.92. The molecule has 7 heteroatoms. The number of nitrogens with one attached hydrogen (secondary N) is 1. The first-order valence-electron chi connectivity index (χ1n) is 5.81. The third-order valence-corrected chi connectivity index (χ3v) is 4.43. The predicted molar refractivity (Wildman–Crippen MR) is 62.6 cm³/mol. The highest BCUT2D eigenvalue weighted by molar-refractivity contribution is 9.10. The van der Waals surface area contributed by atoms with Gasteiger partial charge in [0.05, 0.1) is 6.10 Å². The molecule has 1 aliphatic carbocycles. The Bertz CT molecular complexity index is 521. The van der Waals surface area contributed by atoms with Gasteiger partial charge in [0.15, 0.2) is 5.54 Å². The Balaban J connectivity index is 2.18. The van der Waals surface area contributed by atoms with Crippen LogP contribution in [0.5, 0.6) is 0 Å². The van der Waals surface area contributed by atoms with Crippen molar-refractivity contribution in [3.63, 3.8) is 0 Å². The first kappa shape index (κ1) is 13.3. The Morgan fingerprint density at radius 3 is 2.58 bits per heavy atom. The van der Waals surface area contributed by atoms with E-state index in [1.165, 1.54) is 12.1 Å². The molecule has 1 saturated heterocycles. The molecule has 1 aliphatic heterocycles. The predicted octanol–water partition coefficient (Wildman–Crippen LogP) is 3.66. The maximum Gasteiger partial charge on any atom is 0.413 e. The van der Waals surface area contributed by atoms with Crippen LogP contribution in [0.2, 0.25) is 0 Å². The molecule has 2 aliphatic rings. The lowest BCUT2D eigenvalue weighted by Gasteiger charge is -2.41. The summed E-state index contributed by atoms with van der Waals surface area (Å²) >= 11 is 3.08. The zero-order chi connectivity index (χ0) is 13.8. The van der Waals surface area contributed by atoms with Crippen LogP contribution >= 0.6 is 15.9 Å².